The summed E-state index contributed by atoms with van der Waals surface area (Å²) < 4.78 is 0.983. The molecule has 1 heterocycles. The highest BCUT2D eigenvalue weighted by molar-refractivity contribution is 9.10. The maximum Gasteiger partial charge on any atom is 0.303 e. The van der Waals surface area contributed by atoms with Crippen molar-refractivity contribution in [2.45, 2.75) is 19.8 Å². The number of aliphatic carboxylic acids is 1. The van der Waals surface area contributed by atoms with E-state index in [0.29, 0.717) is 12.2 Å². The van der Waals surface area contributed by atoms with E-state index in [2.05, 4.69) is 26.2 Å². The SMILES string of the molecule is CC(CNC(=O)Cc1csc(-c2cccc(Br)c2)n1)CC(=O)O. The van der Waals surface area contributed by atoms with Gasteiger partial charge in [-0.25, -0.2) is 4.98 Å². The Morgan fingerprint density at radius 3 is 2.91 bits per heavy atom. The second-order valence-electron chi connectivity index (χ2n) is 5.34. The van der Waals surface area contributed by atoms with Gasteiger partial charge in [-0.1, -0.05) is 35.0 Å². The number of amides is 1. The van der Waals surface area contributed by atoms with Crippen LogP contribution in [-0.4, -0.2) is 28.5 Å². The Kier molecular flexibility index (Phi) is 6.29. The summed E-state index contributed by atoms with van der Waals surface area (Å²) in [4.78, 5) is 27.0. The Morgan fingerprint density at radius 1 is 1.43 bits per heavy atom. The summed E-state index contributed by atoms with van der Waals surface area (Å²) in [6.07, 6.45) is 0.244. The van der Waals surface area contributed by atoms with Crippen molar-refractivity contribution in [1.29, 1.82) is 0 Å². The van der Waals surface area contributed by atoms with Gasteiger partial charge in [-0.05, 0) is 18.1 Å². The van der Waals surface area contributed by atoms with Crippen LogP contribution < -0.4 is 5.32 Å². The van der Waals surface area contributed by atoms with Gasteiger partial charge in [-0.15, -0.1) is 11.3 Å². The molecule has 0 aliphatic carbocycles. The number of nitrogens with one attached hydrogen (secondary N) is 1. The summed E-state index contributed by atoms with van der Waals surface area (Å²) in [5.41, 5.74) is 1.72. The molecular formula is C16H17BrN2O3S. The largest absolute Gasteiger partial charge is 0.481 e. The van der Waals surface area contributed by atoms with Crippen molar-refractivity contribution in [1.82, 2.24) is 10.3 Å². The van der Waals surface area contributed by atoms with E-state index in [1.54, 1.807) is 6.92 Å². The van der Waals surface area contributed by atoms with Crippen LogP contribution in [0.25, 0.3) is 10.6 Å². The maximum atomic E-state index is 11.9. The number of hydrogen-bond acceptors (Lipinski definition) is 4. The molecule has 0 bridgehead atoms. The van der Waals surface area contributed by atoms with Crippen LogP contribution in [0.3, 0.4) is 0 Å². The van der Waals surface area contributed by atoms with Crippen molar-refractivity contribution >= 4 is 39.1 Å². The summed E-state index contributed by atoms with van der Waals surface area (Å²) in [5.74, 6) is -1.10. The number of nitrogens with zero attached hydrogens (tertiary/aromatic N) is 1. The van der Waals surface area contributed by atoms with E-state index in [9.17, 15) is 9.59 Å². The van der Waals surface area contributed by atoms with Crippen LogP contribution in [0, 0.1) is 5.92 Å². The van der Waals surface area contributed by atoms with Gasteiger partial charge in [0.1, 0.15) is 5.01 Å². The molecule has 1 aromatic heterocycles. The van der Waals surface area contributed by atoms with Crippen molar-refractivity contribution in [3.63, 3.8) is 0 Å². The molecule has 1 aromatic carbocycles. The minimum atomic E-state index is -0.857. The number of rotatable bonds is 7. The molecule has 1 amide bonds. The topological polar surface area (TPSA) is 79.3 Å². The first kappa shape index (κ1) is 17.6. The number of carboxylic acids is 1. The predicted molar refractivity (Wildman–Crippen MR) is 93.4 cm³/mol. The highest BCUT2D eigenvalue weighted by Gasteiger charge is 2.12. The lowest BCUT2D eigenvalue weighted by Gasteiger charge is -2.09. The molecule has 2 rings (SSSR count). The fourth-order valence-corrected chi connectivity index (χ4v) is 3.24. The zero-order valence-electron chi connectivity index (χ0n) is 12.6. The van der Waals surface area contributed by atoms with Gasteiger partial charge in [0.05, 0.1) is 12.1 Å². The normalized spacial score (nSPS) is 11.9. The first-order chi connectivity index (χ1) is 10.9. The number of aromatic nitrogens is 1. The molecular weight excluding hydrogens is 380 g/mol. The summed E-state index contributed by atoms with van der Waals surface area (Å²) >= 11 is 4.92. The first-order valence-electron chi connectivity index (χ1n) is 7.13. The molecule has 2 N–H and O–H groups in total. The third-order valence-electron chi connectivity index (χ3n) is 3.14. The second kappa shape index (κ2) is 8.21. The molecule has 5 nitrogen and oxygen atoms in total. The van der Waals surface area contributed by atoms with Crippen LogP contribution in [0.1, 0.15) is 19.0 Å². The van der Waals surface area contributed by atoms with Crippen molar-refractivity contribution in [2.75, 3.05) is 6.54 Å². The van der Waals surface area contributed by atoms with Gasteiger partial charge >= 0.3 is 5.97 Å². The third kappa shape index (κ3) is 5.76. The van der Waals surface area contributed by atoms with Gasteiger partial charge in [0, 0.05) is 28.4 Å². The van der Waals surface area contributed by atoms with Crippen molar-refractivity contribution in [3.05, 3.63) is 39.8 Å². The third-order valence-corrected chi connectivity index (χ3v) is 4.57. The summed E-state index contributed by atoms with van der Waals surface area (Å²) in [5, 5.41) is 14.2. The number of hydrogen-bond donors (Lipinski definition) is 2. The molecule has 0 saturated heterocycles. The minimum Gasteiger partial charge on any atom is -0.481 e. The lowest BCUT2D eigenvalue weighted by Crippen LogP contribution is -2.30. The van der Waals surface area contributed by atoms with Crippen molar-refractivity contribution < 1.29 is 14.7 Å². The molecule has 122 valence electrons. The zero-order chi connectivity index (χ0) is 16.8. The summed E-state index contributed by atoms with van der Waals surface area (Å²) in [7, 11) is 0. The lowest BCUT2D eigenvalue weighted by molar-refractivity contribution is -0.138. The number of carboxylic acid groups (broad SMARTS) is 1. The van der Waals surface area contributed by atoms with E-state index < -0.39 is 5.97 Å². The molecule has 0 spiro atoms. The Bertz CT molecular complexity index is 702. The Morgan fingerprint density at radius 2 is 2.22 bits per heavy atom. The Balaban J connectivity index is 1.89. The number of carbonyl (C=O) groups excluding carboxylic acids is 1. The van der Waals surface area contributed by atoms with Gasteiger partial charge in [0.25, 0.3) is 0 Å². The van der Waals surface area contributed by atoms with Gasteiger partial charge in [0.15, 0.2) is 0 Å². The average Bonchev–Trinajstić information content (AvgIpc) is 2.93. The van der Waals surface area contributed by atoms with Crippen LogP contribution >= 0.6 is 27.3 Å². The van der Waals surface area contributed by atoms with Gasteiger partial charge in [-0.3, -0.25) is 9.59 Å². The van der Waals surface area contributed by atoms with Crippen molar-refractivity contribution in [2.24, 2.45) is 5.92 Å². The van der Waals surface area contributed by atoms with Gasteiger partial charge in [-0.2, -0.15) is 0 Å². The molecule has 1 atom stereocenters. The zero-order valence-corrected chi connectivity index (χ0v) is 15.0. The van der Waals surface area contributed by atoms with E-state index in [0.717, 1.165) is 15.0 Å². The van der Waals surface area contributed by atoms with Gasteiger partial charge in [0.2, 0.25) is 5.91 Å². The molecule has 0 radical (unpaired) electrons. The average molecular weight is 397 g/mol. The number of carbonyl (C=O) groups is 2. The molecule has 7 heteroatoms. The van der Waals surface area contributed by atoms with E-state index >= 15 is 0 Å². The molecule has 2 aromatic rings. The fourth-order valence-electron chi connectivity index (χ4n) is 2.03. The van der Waals surface area contributed by atoms with E-state index in [1.165, 1.54) is 11.3 Å². The number of benzene rings is 1. The molecule has 0 aliphatic rings. The Hall–Kier alpha value is -1.73. The van der Waals surface area contributed by atoms with Crippen LogP contribution in [-0.2, 0) is 16.0 Å². The summed E-state index contributed by atoms with van der Waals surface area (Å²) in [6.45, 7) is 2.15. The predicted octanol–water partition coefficient (Wildman–Crippen LogP) is 3.34. The molecule has 0 saturated carbocycles. The monoisotopic (exact) mass is 396 g/mol. The summed E-state index contributed by atoms with van der Waals surface area (Å²) in [6, 6.07) is 7.85. The van der Waals surface area contributed by atoms with Crippen LogP contribution in [0.5, 0.6) is 0 Å². The first-order valence-corrected chi connectivity index (χ1v) is 8.80. The number of halogens is 1. The molecule has 0 fully saturated rings. The molecule has 23 heavy (non-hydrogen) atoms. The van der Waals surface area contributed by atoms with Crippen molar-refractivity contribution in [3.8, 4) is 10.6 Å². The highest BCUT2D eigenvalue weighted by atomic mass is 79.9. The highest BCUT2D eigenvalue weighted by Crippen LogP contribution is 2.26. The molecule has 0 aliphatic heterocycles. The van der Waals surface area contributed by atoms with E-state index in [1.807, 2.05) is 29.6 Å². The van der Waals surface area contributed by atoms with Crippen LogP contribution in [0.15, 0.2) is 34.1 Å². The molecule has 1 unspecified atom stereocenters. The van der Waals surface area contributed by atoms with E-state index in [4.69, 9.17) is 5.11 Å². The van der Waals surface area contributed by atoms with Crippen LogP contribution in [0.2, 0.25) is 0 Å². The van der Waals surface area contributed by atoms with Gasteiger partial charge < -0.3 is 10.4 Å². The fraction of sp³-hybridized carbons (Fsp3) is 0.312. The van der Waals surface area contributed by atoms with E-state index in [-0.39, 0.29) is 24.7 Å². The smallest absolute Gasteiger partial charge is 0.303 e. The lowest BCUT2D eigenvalue weighted by atomic mass is 10.1. The standard InChI is InChI=1S/C16H17BrN2O3S/c1-10(5-15(21)22)8-18-14(20)7-13-9-23-16(19-13)11-3-2-4-12(17)6-11/h2-4,6,9-10H,5,7-8H2,1H3,(H,18,20)(H,21,22). The minimum absolute atomic E-state index is 0.0456. The maximum absolute atomic E-state index is 11.9. The van der Waals surface area contributed by atoms with Crippen LogP contribution in [0.4, 0.5) is 0 Å². The Labute approximate surface area is 146 Å². The number of thiazole rings is 1. The second-order valence-corrected chi connectivity index (χ2v) is 7.11. The quantitative estimate of drug-likeness (QED) is 0.751.